The zero-order valence-corrected chi connectivity index (χ0v) is 18.8. The van der Waals surface area contributed by atoms with Gasteiger partial charge in [-0.25, -0.2) is 0 Å². The van der Waals surface area contributed by atoms with Crippen molar-refractivity contribution in [2.75, 3.05) is 7.05 Å². The van der Waals surface area contributed by atoms with Crippen molar-refractivity contribution in [2.45, 2.75) is 62.0 Å². The molecule has 2 fully saturated rings. The monoisotopic (exact) mass is 450 g/mol. The van der Waals surface area contributed by atoms with E-state index in [0.717, 1.165) is 24.0 Å². The lowest BCUT2D eigenvalue weighted by molar-refractivity contribution is -0.161. The van der Waals surface area contributed by atoms with Crippen LogP contribution < -0.4 is 5.73 Å². The van der Waals surface area contributed by atoms with E-state index in [1.807, 2.05) is 6.07 Å². The van der Waals surface area contributed by atoms with Crippen LogP contribution in [0.15, 0.2) is 41.2 Å². The normalized spacial score (nSPS) is 30.5. The Hall–Kier alpha value is -3.06. The van der Waals surface area contributed by atoms with Gasteiger partial charge in [-0.05, 0) is 68.2 Å². The third-order valence-electron chi connectivity index (χ3n) is 8.43. The number of amides is 2. The van der Waals surface area contributed by atoms with Crippen LogP contribution in [0, 0.1) is 5.92 Å². The molecule has 5 rings (SSSR count). The van der Waals surface area contributed by atoms with E-state index in [-0.39, 0.29) is 29.2 Å². The molecule has 0 saturated heterocycles. The van der Waals surface area contributed by atoms with Crippen molar-refractivity contribution in [1.29, 1.82) is 0 Å². The van der Waals surface area contributed by atoms with Gasteiger partial charge in [-0.1, -0.05) is 12.5 Å². The second-order valence-corrected chi connectivity index (χ2v) is 9.90. The Kier molecular flexibility index (Phi) is 5.12. The number of benzene rings is 1. The van der Waals surface area contributed by atoms with E-state index in [0.29, 0.717) is 37.7 Å². The number of hydrogen-bond donors (Lipinski definition) is 3. The first-order valence-electron chi connectivity index (χ1n) is 11.6. The van der Waals surface area contributed by atoms with Gasteiger partial charge in [-0.15, -0.1) is 0 Å². The number of hydrogen-bond acceptors (Lipinski definition) is 5. The summed E-state index contributed by atoms with van der Waals surface area (Å²) >= 11 is 0. The average molecular weight is 451 g/mol. The maximum absolute atomic E-state index is 12.9. The van der Waals surface area contributed by atoms with E-state index >= 15 is 0 Å². The quantitative estimate of drug-likeness (QED) is 0.619. The van der Waals surface area contributed by atoms with Crippen LogP contribution in [-0.2, 0) is 16.6 Å². The van der Waals surface area contributed by atoms with Crippen LogP contribution in [0.2, 0.25) is 0 Å². The fourth-order valence-corrected chi connectivity index (χ4v) is 6.79. The Labute approximate surface area is 192 Å². The Balaban J connectivity index is 1.52. The predicted molar refractivity (Wildman–Crippen MR) is 122 cm³/mol. The Morgan fingerprint density at radius 1 is 1.24 bits per heavy atom. The largest absolute Gasteiger partial charge is 0.507 e. The summed E-state index contributed by atoms with van der Waals surface area (Å²) in [5.74, 6) is -0.812. The van der Waals surface area contributed by atoms with E-state index in [2.05, 4.69) is 0 Å². The summed E-state index contributed by atoms with van der Waals surface area (Å²) in [6, 6.07) is 5.14. The third kappa shape index (κ3) is 3.21. The summed E-state index contributed by atoms with van der Waals surface area (Å²) < 4.78 is 5.05. The second kappa shape index (κ2) is 7.76. The first-order chi connectivity index (χ1) is 15.8. The molecule has 2 bridgehead atoms. The molecule has 2 saturated carbocycles. The molecule has 3 aliphatic rings. The molecule has 2 amide bonds. The van der Waals surface area contributed by atoms with E-state index in [9.17, 15) is 19.8 Å². The van der Waals surface area contributed by atoms with Gasteiger partial charge in [0.15, 0.2) is 0 Å². The van der Waals surface area contributed by atoms with Gasteiger partial charge in [0.05, 0.1) is 23.7 Å². The molecule has 4 atom stereocenters. The molecule has 2 aromatic rings. The van der Waals surface area contributed by atoms with Crippen LogP contribution in [0.3, 0.4) is 0 Å². The van der Waals surface area contributed by atoms with Crippen LogP contribution in [-0.4, -0.2) is 45.6 Å². The number of furan rings is 1. The van der Waals surface area contributed by atoms with Gasteiger partial charge < -0.3 is 25.3 Å². The fraction of sp³-hybridized carbons (Fsp3) is 0.462. The molecular weight excluding hydrogens is 420 g/mol. The lowest BCUT2D eigenvalue weighted by atomic mass is 9.45. The molecular formula is C26H30N2O5. The maximum atomic E-state index is 12.9. The number of rotatable bonds is 4. The lowest BCUT2D eigenvalue weighted by Crippen LogP contribution is -2.66. The van der Waals surface area contributed by atoms with Crippen molar-refractivity contribution < 1.29 is 24.2 Å². The van der Waals surface area contributed by atoms with E-state index in [1.165, 1.54) is 6.08 Å². The molecule has 1 heterocycles. The third-order valence-corrected chi connectivity index (χ3v) is 8.43. The molecule has 174 valence electrons. The van der Waals surface area contributed by atoms with Gasteiger partial charge in [0.1, 0.15) is 5.75 Å². The van der Waals surface area contributed by atoms with E-state index in [1.54, 1.807) is 42.7 Å². The molecule has 33 heavy (non-hydrogen) atoms. The molecule has 1 unspecified atom stereocenters. The van der Waals surface area contributed by atoms with E-state index < -0.39 is 16.9 Å². The zero-order valence-electron chi connectivity index (χ0n) is 18.8. The highest BCUT2D eigenvalue weighted by atomic mass is 16.3. The summed E-state index contributed by atoms with van der Waals surface area (Å²) in [5.41, 5.74) is 6.38. The molecule has 4 N–H and O–H groups in total. The second-order valence-electron chi connectivity index (χ2n) is 9.90. The number of nitrogens with zero attached hydrogens (tertiary/aromatic N) is 1. The summed E-state index contributed by atoms with van der Waals surface area (Å²) in [4.78, 5) is 26.7. The minimum Gasteiger partial charge on any atom is -0.507 e. The summed E-state index contributed by atoms with van der Waals surface area (Å²) in [6.07, 6.45) is 11.4. The smallest absolute Gasteiger partial charge is 0.252 e. The first-order valence-corrected chi connectivity index (χ1v) is 11.6. The number of likely N-dealkylation sites (N-methyl/N-ethyl adjacent to an activating group) is 1. The van der Waals surface area contributed by atoms with Crippen molar-refractivity contribution >= 4 is 17.9 Å². The average Bonchev–Trinajstić information content (AvgIpc) is 3.29. The number of aromatic hydroxyl groups is 1. The van der Waals surface area contributed by atoms with Gasteiger partial charge in [-0.3, -0.25) is 9.59 Å². The summed E-state index contributed by atoms with van der Waals surface area (Å²) in [6.45, 7) is 0. The van der Waals surface area contributed by atoms with Gasteiger partial charge in [0.2, 0.25) is 5.91 Å². The van der Waals surface area contributed by atoms with Gasteiger partial charge in [0, 0.05) is 35.7 Å². The maximum Gasteiger partial charge on any atom is 0.252 e. The molecule has 7 nitrogen and oxygen atoms in total. The topological polar surface area (TPSA) is 117 Å². The number of phenols is 1. The highest BCUT2D eigenvalue weighted by Crippen LogP contribution is 2.63. The van der Waals surface area contributed by atoms with Crippen molar-refractivity contribution in [2.24, 2.45) is 11.7 Å². The molecule has 1 aromatic heterocycles. The number of primary amides is 1. The predicted octanol–water partition coefficient (Wildman–Crippen LogP) is 3.13. The molecule has 3 aliphatic carbocycles. The minimum atomic E-state index is -0.973. The van der Waals surface area contributed by atoms with Gasteiger partial charge >= 0.3 is 0 Å². The van der Waals surface area contributed by atoms with Crippen LogP contribution in [0.4, 0.5) is 0 Å². The number of aliphatic hydroxyl groups is 1. The zero-order chi connectivity index (χ0) is 23.4. The van der Waals surface area contributed by atoms with Gasteiger partial charge in [0.25, 0.3) is 5.91 Å². The molecule has 1 aromatic carbocycles. The van der Waals surface area contributed by atoms with Crippen molar-refractivity contribution in [1.82, 2.24) is 4.90 Å². The summed E-state index contributed by atoms with van der Waals surface area (Å²) in [5, 5.41) is 23.2. The van der Waals surface area contributed by atoms with Crippen LogP contribution in [0.25, 0.3) is 6.08 Å². The number of carbonyl (C=O) groups excluding carboxylic acids is 2. The van der Waals surface area contributed by atoms with Crippen LogP contribution in [0.5, 0.6) is 5.75 Å². The van der Waals surface area contributed by atoms with Gasteiger partial charge in [-0.2, -0.15) is 0 Å². The van der Waals surface area contributed by atoms with Crippen molar-refractivity contribution in [3.8, 4) is 5.75 Å². The Bertz CT molecular complexity index is 1120. The molecule has 0 aliphatic heterocycles. The number of fused-ring (bicyclic) bond motifs is 1. The lowest BCUT2D eigenvalue weighted by Gasteiger charge is -2.62. The first kappa shape index (κ1) is 21.8. The fourth-order valence-electron chi connectivity index (χ4n) is 6.79. The standard InChI is InChI=1S/C26H30N2O5/c1-28(21(29)7-4-16-9-12-33-15-16)19-8-11-26(32)18-3-2-10-25(26,14-19)22-17(13-18)5-6-20(23(22)30)24(27)31/h4-7,9,12,15,18-19,30,32H,2-3,8,10-11,13-14H2,1H3,(H2,27,31)/b7-4+/t18-,19?,25-,26-/m1/s1. The Morgan fingerprint density at radius 3 is 2.79 bits per heavy atom. The molecule has 0 radical (unpaired) electrons. The molecule has 7 heteroatoms. The Morgan fingerprint density at radius 2 is 2.06 bits per heavy atom. The highest BCUT2D eigenvalue weighted by Gasteiger charge is 2.64. The van der Waals surface area contributed by atoms with Crippen molar-refractivity contribution in [3.05, 3.63) is 59.1 Å². The van der Waals surface area contributed by atoms with Crippen molar-refractivity contribution in [3.63, 3.8) is 0 Å². The van der Waals surface area contributed by atoms with Crippen LogP contribution in [0.1, 0.15) is 65.6 Å². The highest BCUT2D eigenvalue weighted by molar-refractivity contribution is 5.96. The van der Waals surface area contributed by atoms with E-state index in [4.69, 9.17) is 10.2 Å². The molecule has 0 spiro atoms. The number of nitrogens with two attached hydrogens (primary N) is 1. The van der Waals surface area contributed by atoms with Crippen LogP contribution >= 0.6 is 0 Å². The SMILES string of the molecule is CN(C(=O)/C=C/c1ccoc1)C1CC[C@@]2(O)[C@@H]3CCC[C@@]2(C1)c1c(ccc(C(N)=O)c1O)C3. The number of carbonyl (C=O) groups is 2. The summed E-state index contributed by atoms with van der Waals surface area (Å²) in [7, 11) is 1.79. The minimum absolute atomic E-state index is 0.0871.